The molecule has 164 valence electrons. The van der Waals surface area contributed by atoms with Crippen LogP contribution in [0.2, 0.25) is 0 Å². The molecular weight excluding hydrogens is 412 g/mol. The maximum Gasteiger partial charge on any atom is 0.244 e. The summed E-state index contributed by atoms with van der Waals surface area (Å²) >= 11 is 0. The van der Waals surface area contributed by atoms with Crippen molar-refractivity contribution in [2.24, 2.45) is 0 Å². The maximum absolute atomic E-state index is 11.9. The molecule has 1 saturated carbocycles. The van der Waals surface area contributed by atoms with Crippen LogP contribution in [-0.2, 0) is 4.79 Å². The van der Waals surface area contributed by atoms with Crippen LogP contribution < -0.4 is 10.6 Å². The van der Waals surface area contributed by atoms with Gasteiger partial charge in [-0.2, -0.15) is 5.10 Å². The first-order chi connectivity index (χ1) is 16.1. The molecule has 7 nitrogen and oxygen atoms in total. The van der Waals surface area contributed by atoms with E-state index in [9.17, 15) is 4.79 Å². The number of nitrogens with one attached hydrogen (secondary N) is 3. The number of rotatable bonds is 7. The Morgan fingerprint density at radius 1 is 1.06 bits per heavy atom. The molecule has 1 fully saturated rings. The zero-order valence-electron chi connectivity index (χ0n) is 18.2. The van der Waals surface area contributed by atoms with Gasteiger partial charge in [0.15, 0.2) is 5.82 Å². The first kappa shape index (κ1) is 20.6. The molecule has 2 aromatic heterocycles. The average molecular weight is 437 g/mol. The van der Waals surface area contributed by atoms with Gasteiger partial charge in [-0.05, 0) is 55.2 Å². The molecule has 33 heavy (non-hydrogen) atoms. The first-order valence-corrected chi connectivity index (χ1v) is 10.9. The molecule has 2 heterocycles. The zero-order chi connectivity index (χ0) is 22.6. The summed E-state index contributed by atoms with van der Waals surface area (Å²) in [6, 6.07) is 16.3. The fourth-order valence-electron chi connectivity index (χ4n) is 3.43. The minimum Gasteiger partial charge on any atom is -0.350 e. The van der Waals surface area contributed by atoms with Crippen molar-refractivity contribution < 1.29 is 4.79 Å². The van der Waals surface area contributed by atoms with Crippen LogP contribution in [0.1, 0.15) is 24.0 Å². The lowest BCUT2D eigenvalue weighted by atomic mass is 10.1. The molecule has 0 spiro atoms. The predicted octanol–water partition coefficient (Wildman–Crippen LogP) is 4.88. The number of aromatic nitrogens is 4. The van der Waals surface area contributed by atoms with E-state index in [4.69, 9.17) is 4.98 Å². The second-order valence-electron chi connectivity index (χ2n) is 8.16. The van der Waals surface area contributed by atoms with E-state index in [1.54, 1.807) is 12.3 Å². The lowest BCUT2D eigenvalue weighted by molar-refractivity contribution is -0.116. The number of H-pyrrole nitrogens is 1. The normalized spacial score (nSPS) is 13.2. The average Bonchev–Trinajstić information content (AvgIpc) is 3.47. The molecule has 4 aromatic rings. The molecular formula is C26H24N6O. The van der Waals surface area contributed by atoms with Gasteiger partial charge in [0.25, 0.3) is 0 Å². The topological polar surface area (TPSA) is 95.6 Å². The van der Waals surface area contributed by atoms with Crippen molar-refractivity contribution in [1.29, 1.82) is 0 Å². The van der Waals surface area contributed by atoms with Gasteiger partial charge < -0.3 is 10.6 Å². The standard InChI is InChI=1S/C26H24N6O/c1-17-14-27-26(20-4-2-3-18(13-20)5-12-24(33)30-22-10-11-22)32-25(17)31-23-8-6-19(7-9-23)21-15-28-29-16-21/h2-9,12-16,22H,10-11H2,1H3,(H,28,29)(H,30,33)(H,27,31,32)/b12-5+. The minimum atomic E-state index is -0.0558. The Balaban J connectivity index is 1.33. The first-order valence-electron chi connectivity index (χ1n) is 10.9. The van der Waals surface area contributed by atoms with Crippen molar-refractivity contribution in [3.05, 3.63) is 84.3 Å². The van der Waals surface area contributed by atoms with E-state index in [2.05, 4.69) is 25.8 Å². The van der Waals surface area contributed by atoms with E-state index in [1.165, 1.54) is 0 Å². The molecule has 1 aliphatic rings. The highest BCUT2D eigenvalue weighted by atomic mass is 16.1. The number of carbonyl (C=O) groups is 1. The number of benzene rings is 2. The van der Waals surface area contributed by atoms with E-state index >= 15 is 0 Å². The van der Waals surface area contributed by atoms with Crippen molar-refractivity contribution >= 4 is 23.5 Å². The van der Waals surface area contributed by atoms with Crippen LogP contribution >= 0.6 is 0 Å². The van der Waals surface area contributed by atoms with Crippen molar-refractivity contribution in [2.75, 3.05) is 5.32 Å². The number of hydrogen-bond acceptors (Lipinski definition) is 5. The molecule has 0 radical (unpaired) electrons. The van der Waals surface area contributed by atoms with Gasteiger partial charge in [0.2, 0.25) is 5.91 Å². The van der Waals surface area contributed by atoms with E-state index < -0.39 is 0 Å². The van der Waals surface area contributed by atoms with E-state index in [0.29, 0.717) is 11.9 Å². The second-order valence-corrected chi connectivity index (χ2v) is 8.16. The second kappa shape index (κ2) is 9.08. The van der Waals surface area contributed by atoms with Crippen LogP contribution in [0.25, 0.3) is 28.6 Å². The van der Waals surface area contributed by atoms with Crippen LogP contribution in [0.15, 0.2) is 73.2 Å². The summed E-state index contributed by atoms with van der Waals surface area (Å²) in [5, 5.41) is 13.2. The smallest absolute Gasteiger partial charge is 0.244 e. The summed E-state index contributed by atoms with van der Waals surface area (Å²) in [6.45, 7) is 1.98. The Kier molecular flexibility index (Phi) is 5.68. The lowest BCUT2D eigenvalue weighted by Gasteiger charge is -2.11. The molecule has 7 heteroatoms. The molecule has 0 aliphatic heterocycles. The summed E-state index contributed by atoms with van der Waals surface area (Å²) < 4.78 is 0. The Hall–Kier alpha value is -4.26. The molecule has 1 amide bonds. The number of anilines is 2. The minimum absolute atomic E-state index is 0.0558. The van der Waals surface area contributed by atoms with Gasteiger partial charge in [-0.25, -0.2) is 9.97 Å². The van der Waals surface area contributed by atoms with Crippen molar-refractivity contribution in [1.82, 2.24) is 25.5 Å². The monoisotopic (exact) mass is 436 g/mol. The molecule has 2 aromatic carbocycles. The van der Waals surface area contributed by atoms with Gasteiger partial charge in [-0.1, -0.05) is 30.3 Å². The van der Waals surface area contributed by atoms with Gasteiger partial charge >= 0.3 is 0 Å². The SMILES string of the molecule is Cc1cnc(-c2cccc(/C=C/C(=O)NC3CC3)c2)nc1Nc1ccc(-c2cn[nH]c2)cc1. The van der Waals surface area contributed by atoms with Crippen LogP contribution in [0.5, 0.6) is 0 Å². The number of nitrogens with zero attached hydrogens (tertiary/aromatic N) is 3. The molecule has 0 bridgehead atoms. The summed E-state index contributed by atoms with van der Waals surface area (Å²) in [6.07, 6.45) is 11.0. The molecule has 5 rings (SSSR count). The van der Waals surface area contributed by atoms with Crippen molar-refractivity contribution in [3.63, 3.8) is 0 Å². The van der Waals surface area contributed by atoms with Crippen LogP contribution in [0.3, 0.4) is 0 Å². The highest BCUT2D eigenvalue weighted by molar-refractivity contribution is 5.92. The fourth-order valence-corrected chi connectivity index (χ4v) is 3.43. The maximum atomic E-state index is 11.9. The van der Waals surface area contributed by atoms with E-state index in [-0.39, 0.29) is 5.91 Å². The largest absolute Gasteiger partial charge is 0.350 e. The number of amides is 1. The quantitative estimate of drug-likeness (QED) is 0.359. The van der Waals surface area contributed by atoms with Crippen LogP contribution in [0, 0.1) is 6.92 Å². The van der Waals surface area contributed by atoms with Crippen LogP contribution in [-0.4, -0.2) is 32.1 Å². The Morgan fingerprint density at radius 3 is 2.67 bits per heavy atom. The summed E-state index contributed by atoms with van der Waals surface area (Å²) in [7, 11) is 0. The highest BCUT2D eigenvalue weighted by Gasteiger charge is 2.22. The van der Waals surface area contributed by atoms with Crippen molar-refractivity contribution in [2.45, 2.75) is 25.8 Å². The molecule has 0 unspecified atom stereocenters. The summed E-state index contributed by atoms with van der Waals surface area (Å²) in [5.41, 5.74) is 5.83. The third-order valence-corrected chi connectivity index (χ3v) is 5.45. The number of aryl methyl sites for hydroxylation is 1. The lowest BCUT2D eigenvalue weighted by Crippen LogP contribution is -2.22. The summed E-state index contributed by atoms with van der Waals surface area (Å²) in [5.74, 6) is 1.32. The third-order valence-electron chi connectivity index (χ3n) is 5.45. The fraction of sp³-hybridized carbons (Fsp3) is 0.154. The van der Waals surface area contributed by atoms with Gasteiger partial charge in [-0.3, -0.25) is 9.89 Å². The summed E-state index contributed by atoms with van der Waals surface area (Å²) in [4.78, 5) is 21.2. The molecule has 0 saturated heterocycles. The molecule has 1 aliphatic carbocycles. The van der Waals surface area contributed by atoms with Crippen molar-refractivity contribution in [3.8, 4) is 22.5 Å². The Bertz CT molecular complexity index is 1290. The zero-order valence-corrected chi connectivity index (χ0v) is 18.2. The molecule has 0 atom stereocenters. The van der Waals surface area contributed by atoms with Gasteiger partial charge in [0, 0.05) is 46.9 Å². The highest BCUT2D eigenvalue weighted by Crippen LogP contribution is 2.25. The van der Waals surface area contributed by atoms with Gasteiger partial charge in [0.1, 0.15) is 5.82 Å². The third kappa shape index (κ3) is 5.15. The van der Waals surface area contributed by atoms with Gasteiger partial charge in [-0.15, -0.1) is 0 Å². The van der Waals surface area contributed by atoms with E-state index in [1.807, 2.05) is 73.9 Å². The predicted molar refractivity (Wildman–Crippen MR) is 130 cm³/mol. The Labute approximate surface area is 192 Å². The Morgan fingerprint density at radius 2 is 1.91 bits per heavy atom. The molecule has 3 N–H and O–H groups in total. The van der Waals surface area contributed by atoms with Crippen LogP contribution in [0.4, 0.5) is 11.5 Å². The number of carbonyl (C=O) groups excluding carboxylic acids is 1. The van der Waals surface area contributed by atoms with Gasteiger partial charge in [0.05, 0.1) is 6.20 Å². The number of hydrogen-bond donors (Lipinski definition) is 3. The van der Waals surface area contributed by atoms with E-state index in [0.717, 1.165) is 52.2 Å². The number of aromatic amines is 1.